The van der Waals surface area contributed by atoms with Gasteiger partial charge in [-0.25, -0.2) is 0 Å². The summed E-state index contributed by atoms with van der Waals surface area (Å²) < 4.78 is 10.1. The summed E-state index contributed by atoms with van der Waals surface area (Å²) in [4.78, 5) is 23.8. The van der Waals surface area contributed by atoms with Crippen molar-refractivity contribution in [2.75, 3.05) is 27.3 Å². The standard InChI is InChI=1S/C24H28N2O6/c1-31-21-15-17(5-9-19(21)27)7-11-23(29)25-13-3-4-14-26-24(30)12-8-18-6-10-20(28)22(16-18)32-2/h5-12,15-16,27-28H,3-4,13-14H2,1-2H3,(H,25,29)(H,26,30)/b11-7+,12-8+. The number of hydrogen-bond donors (Lipinski definition) is 4. The van der Waals surface area contributed by atoms with Crippen LogP contribution in [0.3, 0.4) is 0 Å². The maximum Gasteiger partial charge on any atom is 0.243 e. The number of ether oxygens (including phenoxy) is 2. The van der Waals surface area contributed by atoms with Crippen molar-refractivity contribution in [3.63, 3.8) is 0 Å². The molecule has 0 spiro atoms. The predicted octanol–water partition coefficient (Wildman–Crippen LogP) is 2.85. The van der Waals surface area contributed by atoms with E-state index >= 15 is 0 Å². The Morgan fingerprint density at radius 2 is 1.19 bits per heavy atom. The van der Waals surface area contributed by atoms with Crippen molar-refractivity contribution in [3.8, 4) is 23.0 Å². The molecule has 0 aliphatic rings. The van der Waals surface area contributed by atoms with Crippen LogP contribution in [-0.4, -0.2) is 49.3 Å². The fraction of sp³-hybridized carbons (Fsp3) is 0.250. The van der Waals surface area contributed by atoms with Crippen LogP contribution in [-0.2, 0) is 9.59 Å². The van der Waals surface area contributed by atoms with Gasteiger partial charge in [0.25, 0.3) is 0 Å². The largest absolute Gasteiger partial charge is 0.504 e. The normalized spacial score (nSPS) is 10.9. The van der Waals surface area contributed by atoms with Gasteiger partial charge in [0.1, 0.15) is 0 Å². The third-order valence-electron chi connectivity index (χ3n) is 4.46. The van der Waals surface area contributed by atoms with Crippen molar-refractivity contribution < 1.29 is 29.3 Å². The Balaban J connectivity index is 1.63. The lowest BCUT2D eigenvalue weighted by atomic mass is 10.2. The minimum Gasteiger partial charge on any atom is -0.504 e. The van der Waals surface area contributed by atoms with Gasteiger partial charge in [-0.2, -0.15) is 0 Å². The summed E-state index contributed by atoms with van der Waals surface area (Å²) in [7, 11) is 2.92. The van der Waals surface area contributed by atoms with Gasteiger partial charge in [-0.1, -0.05) is 12.1 Å². The van der Waals surface area contributed by atoms with Crippen molar-refractivity contribution in [3.05, 3.63) is 59.7 Å². The molecule has 170 valence electrons. The van der Waals surface area contributed by atoms with E-state index in [0.717, 1.165) is 11.1 Å². The lowest BCUT2D eigenvalue weighted by Crippen LogP contribution is -2.25. The van der Waals surface area contributed by atoms with Crippen molar-refractivity contribution in [2.45, 2.75) is 12.8 Å². The number of unbranched alkanes of at least 4 members (excludes halogenated alkanes) is 1. The molecule has 2 aromatic carbocycles. The molecule has 2 amide bonds. The molecular weight excluding hydrogens is 412 g/mol. The third-order valence-corrected chi connectivity index (χ3v) is 4.46. The monoisotopic (exact) mass is 440 g/mol. The van der Waals surface area contributed by atoms with Crippen LogP contribution in [0.4, 0.5) is 0 Å². The number of phenolic OH excluding ortho intramolecular Hbond substituents is 2. The summed E-state index contributed by atoms with van der Waals surface area (Å²) in [6.07, 6.45) is 7.52. The maximum atomic E-state index is 11.9. The highest BCUT2D eigenvalue weighted by Crippen LogP contribution is 2.27. The van der Waals surface area contributed by atoms with E-state index in [2.05, 4.69) is 10.6 Å². The number of benzene rings is 2. The number of carbonyl (C=O) groups is 2. The molecule has 0 saturated heterocycles. The number of phenols is 2. The molecule has 4 N–H and O–H groups in total. The van der Waals surface area contributed by atoms with Crippen molar-refractivity contribution >= 4 is 24.0 Å². The number of carbonyl (C=O) groups excluding carboxylic acids is 2. The summed E-state index contributed by atoms with van der Waals surface area (Å²) in [6.45, 7) is 0.974. The van der Waals surface area contributed by atoms with Crippen molar-refractivity contribution in [2.24, 2.45) is 0 Å². The van der Waals surface area contributed by atoms with Crippen LogP contribution in [0.25, 0.3) is 12.2 Å². The molecule has 0 aliphatic heterocycles. The zero-order chi connectivity index (χ0) is 23.3. The third kappa shape index (κ3) is 8.06. The summed E-state index contributed by atoms with van der Waals surface area (Å²) in [5.74, 6) is 0.302. The molecule has 8 nitrogen and oxygen atoms in total. The first-order chi connectivity index (χ1) is 15.4. The van der Waals surface area contributed by atoms with Crippen molar-refractivity contribution in [1.29, 1.82) is 0 Å². The highest BCUT2D eigenvalue weighted by atomic mass is 16.5. The van der Waals surface area contributed by atoms with Crippen LogP contribution in [0, 0.1) is 0 Å². The Hall–Kier alpha value is -3.94. The Morgan fingerprint density at radius 3 is 1.56 bits per heavy atom. The highest BCUT2D eigenvalue weighted by molar-refractivity contribution is 5.92. The Bertz CT molecular complexity index is 905. The van der Waals surface area contributed by atoms with E-state index in [1.807, 2.05) is 0 Å². The quantitative estimate of drug-likeness (QED) is 0.315. The van der Waals surface area contributed by atoms with E-state index < -0.39 is 0 Å². The summed E-state index contributed by atoms with van der Waals surface area (Å²) in [6, 6.07) is 9.62. The highest BCUT2D eigenvalue weighted by Gasteiger charge is 2.03. The molecule has 0 fully saturated rings. The summed E-state index contributed by atoms with van der Waals surface area (Å²) in [5, 5.41) is 24.7. The summed E-state index contributed by atoms with van der Waals surface area (Å²) in [5.41, 5.74) is 1.47. The Morgan fingerprint density at radius 1 is 0.781 bits per heavy atom. The number of rotatable bonds is 11. The molecule has 32 heavy (non-hydrogen) atoms. The zero-order valence-electron chi connectivity index (χ0n) is 18.1. The average molecular weight is 440 g/mol. The lowest BCUT2D eigenvalue weighted by molar-refractivity contribution is -0.117. The second kappa shape index (κ2) is 12.7. The van der Waals surface area contributed by atoms with E-state index in [9.17, 15) is 19.8 Å². The minimum atomic E-state index is -0.228. The average Bonchev–Trinajstić information content (AvgIpc) is 2.80. The van der Waals surface area contributed by atoms with Gasteiger partial charge in [-0.05, 0) is 60.4 Å². The van der Waals surface area contributed by atoms with Crippen LogP contribution < -0.4 is 20.1 Å². The second-order valence-corrected chi connectivity index (χ2v) is 6.82. The number of hydrogen-bond acceptors (Lipinski definition) is 6. The van der Waals surface area contributed by atoms with Gasteiger partial charge in [0.15, 0.2) is 23.0 Å². The van der Waals surface area contributed by atoms with E-state index in [1.54, 1.807) is 36.4 Å². The maximum absolute atomic E-state index is 11.9. The first kappa shape index (κ1) is 24.3. The smallest absolute Gasteiger partial charge is 0.243 e. The Kier molecular flexibility index (Phi) is 9.65. The fourth-order valence-electron chi connectivity index (χ4n) is 2.73. The van der Waals surface area contributed by atoms with Gasteiger partial charge >= 0.3 is 0 Å². The summed E-state index contributed by atoms with van der Waals surface area (Å²) >= 11 is 0. The number of nitrogens with one attached hydrogen (secondary N) is 2. The molecule has 0 heterocycles. The van der Waals surface area contributed by atoms with Gasteiger partial charge in [-0.15, -0.1) is 0 Å². The molecule has 0 saturated carbocycles. The van der Waals surface area contributed by atoms with Gasteiger partial charge < -0.3 is 30.3 Å². The molecule has 0 bridgehead atoms. The molecule has 0 radical (unpaired) electrons. The van der Waals surface area contributed by atoms with Gasteiger partial charge in [0.2, 0.25) is 11.8 Å². The van der Waals surface area contributed by atoms with Crippen molar-refractivity contribution in [1.82, 2.24) is 10.6 Å². The minimum absolute atomic E-state index is 0.0391. The predicted molar refractivity (Wildman–Crippen MR) is 123 cm³/mol. The molecule has 0 aliphatic carbocycles. The second-order valence-electron chi connectivity index (χ2n) is 6.82. The first-order valence-corrected chi connectivity index (χ1v) is 10.1. The molecule has 2 aromatic rings. The lowest BCUT2D eigenvalue weighted by Gasteiger charge is -2.05. The zero-order valence-corrected chi connectivity index (χ0v) is 18.1. The fourth-order valence-corrected chi connectivity index (χ4v) is 2.73. The van der Waals surface area contributed by atoms with Gasteiger partial charge in [0, 0.05) is 25.2 Å². The van der Waals surface area contributed by atoms with Crippen LogP contribution in [0.1, 0.15) is 24.0 Å². The van der Waals surface area contributed by atoms with E-state index in [4.69, 9.17) is 9.47 Å². The molecule has 8 heteroatoms. The SMILES string of the molecule is COc1cc(/C=C/C(=O)NCCCCNC(=O)/C=C/c2ccc(O)c(OC)c2)ccc1O. The topological polar surface area (TPSA) is 117 Å². The molecule has 2 rings (SSSR count). The number of methoxy groups -OCH3 is 2. The molecular formula is C24H28N2O6. The van der Waals surface area contributed by atoms with Gasteiger partial charge in [-0.3, -0.25) is 9.59 Å². The van der Waals surface area contributed by atoms with Crippen LogP contribution >= 0.6 is 0 Å². The van der Waals surface area contributed by atoms with E-state index in [0.29, 0.717) is 37.4 Å². The van der Waals surface area contributed by atoms with E-state index in [-0.39, 0.29) is 23.3 Å². The number of amides is 2. The van der Waals surface area contributed by atoms with E-state index in [1.165, 1.54) is 38.5 Å². The molecule has 0 unspecified atom stereocenters. The van der Waals surface area contributed by atoms with Crippen LogP contribution in [0.5, 0.6) is 23.0 Å². The van der Waals surface area contributed by atoms with Gasteiger partial charge in [0.05, 0.1) is 14.2 Å². The number of aromatic hydroxyl groups is 2. The Labute approximate surface area is 187 Å². The molecule has 0 aromatic heterocycles. The van der Waals surface area contributed by atoms with Crippen LogP contribution in [0.15, 0.2) is 48.6 Å². The first-order valence-electron chi connectivity index (χ1n) is 10.1. The molecule has 0 atom stereocenters. The van der Waals surface area contributed by atoms with Crippen LogP contribution in [0.2, 0.25) is 0 Å².